The maximum absolute atomic E-state index is 12.9. The summed E-state index contributed by atoms with van der Waals surface area (Å²) in [6, 6.07) is 3.51. The second-order valence-electron chi connectivity index (χ2n) is 4.69. The lowest BCUT2D eigenvalue weighted by atomic mass is 10.3. The normalized spacial score (nSPS) is 12.4. The SMILES string of the molecule is CS(=O)(=O)c1nn(Cc2cccn3ccnc23)nc1C(F)F. The summed E-state index contributed by atoms with van der Waals surface area (Å²) in [5.41, 5.74) is 0.473. The van der Waals surface area contributed by atoms with Gasteiger partial charge in [-0.3, -0.25) is 0 Å². The predicted molar refractivity (Wildman–Crippen MR) is 72.4 cm³/mol. The van der Waals surface area contributed by atoms with E-state index in [0.29, 0.717) is 11.2 Å². The summed E-state index contributed by atoms with van der Waals surface area (Å²) in [5.74, 6) is 0. The highest BCUT2D eigenvalue weighted by molar-refractivity contribution is 7.90. The molecule has 3 aromatic heterocycles. The molecule has 0 aliphatic rings. The molecule has 0 saturated carbocycles. The van der Waals surface area contributed by atoms with Gasteiger partial charge in [-0.2, -0.15) is 9.90 Å². The average molecular weight is 327 g/mol. The van der Waals surface area contributed by atoms with Gasteiger partial charge in [0.2, 0.25) is 5.03 Å². The fourth-order valence-corrected chi connectivity index (χ4v) is 2.85. The summed E-state index contributed by atoms with van der Waals surface area (Å²) in [7, 11) is -3.88. The van der Waals surface area contributed by atoms with E-state index in [1.807, 2.05) is 0 Å². The molecule has 0 radical (unpaired) electrons. The Hall–Kier alpha value is -2.36. The van der Waals surface area contributed by atoms with Crippen molar-refractivity contribution in [1.29, 1.82) is 0 Å². The van der Waals surface area contributed by atoms with Crippen molar-refractivity contribution >= 4 is 15.5 Å². The summed E-state index contributed by atoms with van der Waals surface area (Å²) in [4.78, 5) is 5.10. The average Bonchev–Trinajstić information content (AvgIpc) is 3.04. The minimum absolute atomic E-state index is 0.0383. The monoisotopic (exact) mass is 327 g/mol. The van der Waals surface area contributed by atoms with Crippen LogP contribution >= 0.6 is 0 Å². The Balaban J connectivity index is 2.05. The van der Waals surface area contributed by atoms with Crippen LogP contribution in [0.25, 0.3) is 5.65 Å². The predicted octanol–water partition coefficient (Wildman–Crippen LogP) is 1.32. The molecule has 22 heavy (non-hydrogen) atoms. The van der Waals surface area contributed by atoms with Crippen LogP contribution < -0.4 is 0 Å². The molecule has 7 nitrogen and oxygen atoms in total. The highest BCUT2D eigenvalue weighted by Crippen LogP contribution is 2.23. The number of hydrogen-bond acceptors (Lipinski definition) is 5. The lowest BCUT2D eigenvalue weighted by Gasteiger charge is -2.02. The van der Waals surface area contributed by atoms with Gasteiger partial charge in [-0.15, -0.1) is 5.10 Å². The first-order valence-corrected chi connectivity index (χ1v) is 8.09. The Morgan fingerprint density at radius 3 is 2.68 bits per heavy atom. The first-order valence-electron chi connectivity index (χ1n) is 6.20. The molecule has 116 valence electrons. The molecule has 0 bridgehead atoms. The molecule has 3 heterocycles. The summed E-state index contributed by atoms with van der Waals surface area (Å²) in [6.45, 7) is 0.0383. The number of halogens is 2. The van der Waals surface area contributed by atoms with E-state index in [2.05, 4.69) is 15.2 Å². The Morgan fingerprint density at radius 1 is 1.27 bits per heavy atom. The van der Waals surface area contributed by atoms with E-state index in [0.717, 1.165) is 11.1 Å². The van der Waals surface area contributed by atoms with E-state index in [9.17, 15) is 17.2 Å². The molecule has 0 spiro atoms. The van der Waals surface area contributed by atoms with Crippen molar-refractivity contribution in [3.63, 3.8) is 0 Å². The van der Waals surface area contributed by atoms with Crippen molar-refractivity contribution in [3.05, 3.63) is 42.0 Å². The van der Waals surface area contributed by atoms with Gasteiger partial charge in [0.25, 0.3) is 6.43 Å². The third-order valence-corrected chi connectivity index (χ3v) is 4.01. The molecule has 0 fully saturated rings. The van der Waals surface area contributed by atoms with Crippen LogP contribution in [-0.4, -0.2) is 39.1 Å². The van der Waals surface area contributed by atoms with Crippen molar-refractivity contribution in [2.45, 2.75) is 18.0 Å². The number of nitrogens with zero attached hydrogens (tertiary/aromatic N) is 5. The molecule has 0 aliphatic carbocycles. The van der Waals surface area contributed by atoms with Crippen LogP contribution in [-0.2, 0) is 16.4 Å². The van der Waals surface area contributed by atoms with E-state index in [1.54, 1.807) is 35.1 Å². The molecule has 0 aliphatic heterocycles. The highest BCUT2D eigenvalue weighted by atomic mass is 32.2. The van der Waals surface area contributed by atoms with Crippen LogP contribution in [0.3, 0.4) is 0 Å². The summed E-state index contributed by atoms with van der Waals surface area (Å²) in [5, 5.41) is 6.60. The van der Waals surface area contributed by atoms with Crippen molar-refractivity contribution in [3.8, 4) is 0 Å². The van der Waals surface area contributed by atoms with Gasteiger partial charge in [0.15, 0.2) is 15.5 Å². The van der Waals surface area contributed by atoms with Crippen LogP contribution in [0.4, 0.5) is 8.78 Å². The fourth-order valence-electron chi connectivity index (χ4n) is 2.10. The third-order valence-electron chi connectivity index (χ3n) is 3.02. The Bertz CT molecular complexity index is 932. The quantitative estimate of drug-likeness (QED) is 0.722. The molecular formula is C12H11F2N5O2S. The molecule has 0 saturated heterocycles. The largest absolute Gasteiger partial charge is 0.307 e. The van der Waals surface area contributed by atoms with Gasteiger partial charge in [-0.05, 0) is 6.07 Å². The maximum Gasteiger partial charge on any atom is 0.285 e. The zero-order chi connectivity index (χ0) is 15.9. The Morgan fingerprint density at radius 2 is 2.05 bits per heavy atom. The van der Waals surface area contributed by atoms with E-state index in [4.69, 9.17) is 0 Å². The van der Waals surface area contributed by atoms with E-state index in [-0.39, 0.29) is 6.54 Å². The van der Waals surface area contributed by atoms with Crippen LogP contribution in [0, 0.1) is 0 Å². The lowest BCUT2D eigenvalue weighted by molar-refractivity contribution is 0.141. The zero-order valence-corrected chi connectivity index (χ0v) is 12.2. The topological polar surface area (TPSA) is 82.2 Å². The third kappa shape index (κ3) is 2.56. The first-order chi connectivity index (χ1) is 10.4. The number of pyridine rings is 1. The molecule has 0 amide bonds. The summed E-state index contributed by atoms with van der Waals surface area (Å²) >= 11 is 0. The summed E-state index contributed by atoms with van der Waals surface area (Å²) < 4.78 is 50.6. The Labute approximate surface area is 124 Å². The van der Waals surface area contributed by atoms with Crippen LogP contribution in [0.2, 0.25) is 0 Å². The molecule has 0 aromatic carbocycles. The number of imidazole rings is 1. The van der Waals surface area contributed by atoms with Gasteiger partial charge in [0.05, 0.1) is 6.54 Å². The molecule has 3 rings (SSSR count). The lowest BCUT2D eigenvalue weighted by Crippen LogP contribution is -2.07. The van der Waals surface area contributed by atoms with E-state index in [1.165, 1.54) is 0 Å². The molecule has 0 atom stereocenters. The minimum atomic E-state index is -3.88. The first kappa shape index (κ1) is 14.6. The van der Waals surface area contributed by atoms with Crippen LogP contribution in [0.5, 0.6) is 0 Å². The number of fused-ring (bicyclic) bond motifs is 1. The zero-order valence-electron chi connectivity index (χ0n) is 11.4. The number of alkyl halides is 2. The minimum Gasteiger partial charge on any atom is -0.307 e. The van der Waals surface area contributed by atoms with Crippen molar-refractivity contribution in [1.82, 2.24) is 24.4 Å². The van der Waals surface area contributed by atoms with Crippen LogP contribution in [0.15, 0.2) is 35.7 Å². The molecule has 3 aromatic rings. The molecule has 0 N–H and O–H groups in total. The highest BCUT2D eigenvalue weighted by Gasteiger charge is 2.27. The number of rotatable bonds is 4. The second kappa shape index (κ2) is 5.13. The van der Waals surface area contributed by atoms with Gasteiger partial charge in [0, 0.05) is 30.4 Å². The van der Waals surface area contributed by atoms with Gasteiger partial charge in [0.1, 0.15) is 5.65 Å². The van der Waals surface area contributed by atoms with Gasteiger partial charge >= 0.3 is 0 Å². The smallest absolute Gasteiger partial charge is 0.285 e. The number of hydrogen-bond donors (Lipinski definition) is 0. The molecule has 0 unspecified atom stereocenters. The standard InChI is InChI=1S/C12H11F2N5O2S/c1-22(20,21)12-9(10(13)14)16-19(17-12)7-8-3-2-5-18-6-4-15-11(8)18/h2-6,10H,7H2,1H3. The van der Waals surface area contributed by atoms with E-state index >= 15 is 0 Å². The maximum atomic E-state index is 12.9. The molecular weight excluding hydrogens is 316 g/mol. The second-order valence-corrected chi connectivity index (χ2v) is 6.62. The fraction of sp³-hybridized carbons (Fsp3) is 0.250. The number of aromatic nitrogens is 5. The van der Waals surface area contributed by atoms with Crippen molar-refractivity contribution in [2.24, 2.45) is 0 Å². The van der Waals surface area contributed by atoms with Crippen molar-refractivity contribution in [2.75, 3.05) is 6.26 Å². The number of sulfone groups is 1. The summed E-state index contributed by atoms with van der Waals surface area (Å²) in [6.07, 6.45) is 2.93. The van der Waals surface area contributed by atoms with Gasteiger partial charge in [-0.25, -0.2) is 22.2 Å². The van der Waals surface area contributed by atoms with Gasteiger partial charge < -0.3 is 4.40 Å². The van der Waals surface area contributed by atoms with Crippen LogP contribution in [0.1, 0.15) is 17.7 Å². The Kier molecular flexibility index (Phi) is 3.39. The van der Waals surface area contributed by atoms with E-state index < -0.39 is 27.0 Å². The van der Waals surface area contributed by atoms with Gasteiger partial charge in [-0.1, -0.05) is 6.07 Å². The molecule has 10 heteroatoms. The van der Waals surface area contributed by atoms with Crippen molar-refractivity contribution < 1.29 is 17.2 Å².